The van der Waals surface area contributed by atoms with E-state index in [1.807, 2.05) is 12.3 Å². The molecule has 18 heavy (non-hydrogen) atoms. The summed E-state index contributed by atoms with van der Waals surface area (Å²) < 4.78 is 0. The fourth-order valence-corrected chi connectivity index (χ4v) is 2.84. The van der Waals surface area contributed by atoms with Crippen LogP contribution in [-0.2, 0) is 6.54 Å². The second kappa shape index (κ2) is 7.07. The number of piperidine rings is 1. The van der Waals surface area contributed by atoms with E-state index in [1.165, 1.54) is 12.8 Å². The van der Waals surface area contributed by atoms with E-state index in [0.717, 1.165) is 49.0 Å². The average Bonchev–Trinajstić information content (AvgIpc) is 2.40. The molecule has 1 aliphatic heterocycles. The molecule has 2 heterocycles. The number of likely N-dealkylation sites (tertiary alicyclic amines) is 1. The summed E-state index contributed by atoms with van der Waals surface area (Å²) in [4.78, 5) is 6.59. The molecule has 3 nitrogen and oxygen atoms in total. The first-order valence-corrected chi connectivity index (χ1v) is 7.09. The number of nitrogens with zero attached hydrogens (tertiary/aromatic N) is 2. The molecule has 4 heteroatoms. The highest BCUT2D eigenvalue weighted by molar-refractivity contribution is 6.31. The molecule has 1 atom stereocenters. The van der Waals surface area contributed by atoms with Gasteiger partial charge < -0.3 is 5.11 Å². The molecule has 1 fully saturated rings. The van der Waals surface area contributed by atoms with Gasteiger partial charge in [-0.25, -0.2) is 0 Å². The van der Waals surface area contributed by atoms with Crippen LogP contribution in [-0.4, -0.2) is 34.7 Å². The fraction of sp³-hybridized carbons (Fsp3) is 0.643. The van der Waals surface area contributed by atoms with Gasteiger partial charge in [0.15, 0.2) is 0 Å². The number of hydrogen-bond donors (Lipinski definition) is 1. The van der Waals surface area contributed by atoms with Crippen LogP contribution in [0.5, 0.6) is 0 Å². The van der Waals surface area contributed by atoms with E-state index in [2.05, 4.69) is 9.88 Å². The van der Waals surface area contributed by atoms with E-state index in [9.17, 15) is 0 Å². The van der Waals surface area contributed by atoms with Gasteiger partial charge in [0.1, 0.15) is 0 Å². The van der Waals surface area contributed by atoms with Crippen LogP contribution in [0, 0.1) is 5.92 Å². The van der Waals surface area contributed by atoms with Gasteiger partial charge in [-0.2, -0.15) is 0 Å². The topological polar surface area (TPSA) is 36.4 Å². The molecular weight excluding hydrogens is 248 g/mol. The number of aliphatic hydroxyl groups excluding tert-OH is 1. The van der Waals surface area contributed by atoms with Gasteiger partial charge in [-0.15, -0.1) is 0 Å². The zero-order chi connectivity index (χ0) is 12.8. The molecule has 1 aliphatic rings. The van der Waals surface area contributed by atoms with Crippen molar-refractivity contribution in [1.82, 2.24) is 9.88 Å². The molecule has 0 bridgehead atoms. The highest BCUT2D eigenvalue weighted by Gasteiger charge is 2.20. The minimum Gasteiger partial charge on any atom is -0.396 e. The largest absolute Gasteiger partial charge is 0.396 e. The van der Waals surface area contributed by atoms with Gasteiger partial charge >= 0.3 is 0 Å². The van der Waals surface area contributed by atoms with Crippen molar-refractivity contribution in [2.24, 2.45) is 5.92 Å². The third-order valence-electron chi connectivity index (χ3n) is 3.61. The van der Waals surface area contributed by atoms with Crippen molar-refractivity contribution in [2.45, 2.75) is 32.2 Å². The van der Waals surface area contributed by atoms with Gasteiger partial charge in [-0.05, 0) is 44.2 Å². The van der Waals surface area contributed by atoms with E-state index in [-0.39, 0.29) is 0 Å². The van der Waals surface area contributed by atoms with Crippen LogP contribution < -0.4 is 0 Å². The Hall–Kier alpha value is -0.640. The lowest BCUT2D eigenvalue weighted by Crippen LogP contribution is -2.35. The van der Waals surface area contributed by atoms with Gasteiger partial charge in [0.2, 0.25) is 0 Å². The van der Waals surface area contributed by atoms with Crippen LogP contribution in [0.3, 0.4) is 0 Å². The second-order valence-electron chi connectivity index (χ2n) is 5.08. The first kappa shape index (κ1) is 13.8. The maximum atomic E-state index is 8.90. The maximum Gasteiger partial charge on any atom is 0.0481 e. The van der Waals surface area contributed by atoms with Crippen LogP contribution in [0.25, 0.3) is 0 Å². The normalized spacial score (nSPS) is 21.1. The standard InChI is InChI=1S/C14H21ClN2O/c15-14-5-6-16-9-13(14)11-17-7-1-3-12(10-17)4-2-8-18/h5-6,9,12,18H,1-4,7-8,10-11H2/t12-/m0/s1. The van der Waals surface area contributed by atoms with Crippen LogP contribution in [0.1, 0.15) is 31.2 Å². The Bertz CT molecular complexity index is 373. The van der Waals surface area contributed by atoms with Gasteiger partial charge in [0.05, 0.1) is 0 Å². The van der Waals surface area contributed by atoms with Crippen LogP contribution in [0.15, 0.2) is 18.5 Å². The Kier molecular flexibility index (Phi) is 5.42. The Morgan fingerprint density at radius 3 is 3.17 bits per heavy atom. The van der Waals surface area contributed by atoms with Crippen molar-refractivity contribution in [2.75, 3.05) is 19.7 Å². The lowest BCUT2D eigenvalue weighted by Gasteiger charge is -2.32. The van der Waals surface area contributed by atoms with Crippen LogP contribution in [0.2, 0.25) is 5.02 Å². The summed E-state index contributed by atoms with van der Waals surface area (Å²) >= 11 is 6.16. The van der Waals surface area contributed by atoms with Gasteiger partial charge in [-0.3, -0.25) is 9.88 Å². The van der Waals surface area contributed by atoms with Crippen LogP contribution in [0.4, 0.5) is 0 Å². The minimum absolute atomic E-state index is 0.310. The summed E-state index contributed by atoms with van der Waals surface area (Å²) in [5.41, 5.74) is 1.11. The molecule has 0 spiro atoms. The van der Waals surface area contributed by atoms with Crippen molar-refractivity contribution < 1.29 is 5.11 Å². The summed E-state index contributed by atoms with van der Waals surface area (Å²) in [6, 6.07) is 1.85. The third kappa shape index (κ3) is 3.94. The molecular formula is C14H21ClN2O. The molecule has 1 aromatic rings. The predicted molar refractivity (Wildman–Crippen MR) is 73.6 cm³/mol. The monoisotopic (exact) mass is 268 g/mol. The molecule has 0 aromatic carbocycles. The van der Waals surface area contributed by atoms with Crippen molar-refractivity contribution in [3.05, 3.63) is 29.0 Å². The predicted octanol–water partition coefficient (Wildman–Crippen LogP) is 2.72. The average molecular weight is 269 g/mol. The molecule has 0 amide bonds. The van der Waals surface area contributed by atoms with E-state index >= 15 is 0 Å². The van der Waals surface area contributed by atoms with Crippen molar-refractivity contribution in [1.29, 1.82) is 0 Å². The number of hydrogen-bond acceptors (Lipinski definition) is 3. The molecule has 1 N–H and O–H groups in total. The molecule has 1 aromatic heterocycles. The van der Waals surface area contributed by atoms with Gasteiger partial charge in [0, 0.05) is 42.7 Å². The van der Waals surface area contributed by atoms with Gasteiger partial charge in [-0.1, -0.05) is 11.6 Å². The van der Waals surface area contributed by atoms with Gasteiger partial charge in [0.25, 0.3) is 0 Å². The van der Waals surface area contributed by atoms with E-state index in [1.54, 1.807) is 6.20 Å². The SMILES string of the molecule is OCCC[C@@H]1CCCN(Cc2cnccc2Cl)C1. The molecule has 2 rings (SSSR count). The molecule has 0 unspecified atom stereocenters. The lowest BCUT2D eigenvalue weighted by atomic mass is 9.93. The first-order chi connectivity index (χ1) is 8.79. The summed E-state index contributed by atoms with van der Waals surface area (Å²) in [5, 5.41) is 9.70. The number of pyridine rings is 1. The number of halogens is 1. The quantitative estimate of drug-likeness (QED) is 0.892. The third-order valence-corrected chi connectivity index (χ3v) is 3.98. The highest BCUT2D eigenvalue weighted by Crippen LogP contribution is 2.23. The lowest BCUT2D eigenvalue weighted by molar-refractivity contribution is 0.153. The molecule has 100 valence electrons. The van der Waals surface area contributed by atoms with Crippen molar-refractivity contribution in [3.63, 3.8) is 0 Å². The summed E-state index contributed by atoms with van der Waals surface area (Å²) in [5.74, 6) is 0.723. The van der Waals surface area contributed by atoms with E-state index in [0.29, 0.717) is 6.61 Å². The molecule has 0 aliphatic carbocycles. The Morgan fingerprint density at radius 1 is 1.50 bits per heavy atom. The maximum absolute atomic E-state index is 8.90. The minimum atomic E-state index is 0.310. The fourth-order valence-electron chi connectivity index (χ4n) is 2.68. The Balaban J connectivity index is 1.87. The zero-order valence-electron chi connectivity index (χ0n) is 10.7. The van der Waals surface area contributed by atoms with E-state index < -0.39 is 0 Å². The highest BCUT2D eigenvalue weighted by atomic mass is 35.5. The summed E-state index contributed by atoms with van der Waals surface area (Å²) in [6.45, 7) is 3.46. The molecule has 0 radical (unpaired) electrons. The Labute approximate surface area is 114 Å². The Morgan fingerprint density at radius 2 is 2.39 bits per heavy atom. The zero-order valence-corrected chi connectivity index (χ0v) is 11.4. The molecule has 1 saturated heterocycles. The number of aliphatic hydroxyl groups is 1. The number of aromatic nitrogens is 1. The van der Waals surface area contributed by atoms with Crippen LogP contribution >= 0.6 is 11.6 Å². The first-order valence-electron chi connectivity index (χ1n) is 6.71. The smallest absolute Gasteiger partial charge is 0.0481 e. The molecule has 0 saturated carbocycles. The second-order valence-corrected chi connectivity index (χ2v) is 5.48. The van der Waals surface area contributed by atoms with Crippen molar-refractivity contribution >= 4 is 11.6 Å². The van der Waals surface area contributed by atoms with E-state index in [4.69, 9.17) is 16.7 Å². The number of rotatable bonds is 5. The summed E-state index contributed by atoms with van der Waals surface area (Å²) in [7, 11) is 0. The van der Waals surface area contributed by atoms with Crippen molar-refractivity contribution in [3.8, 4) is 0 Å². The summed E-state index contributed by atoms with van der Waals surface area (Å²) in [6.07, 6.45) is 8.18.